The molecule has 26 heavy (non-hydrogen) atoms. The van der Waals surface area contributed by atoms with Gasteiger partial charge in [-0.15, -0.1) is 0 Å². The lowest BCUT2D eigenvalue weighted by molar-refractivity contribution is 0.0679. The number of benzene rings is 2. The first-order valence-electron chi connectivity index (χ1n) is 8.55. The number of amides is 1. The molecule has 0 radical (unpaired) electrons. The molecule has 4 rings (SSSR count). The number of rotatable bonds is 5. The number of fused-ring (bicyclic) bond motifs is 1. The molecule has 0 bridgehead atoms. The van der Waals surface area contributed by atoms with Crippen LogP contribution in [-0.4, -0.2) is 35.2 Å². The summed E-state index contributed by atoms with van der Waals surface area (Å²) in [5.74, 6) is 0.483. The van der Waals surface area contributed by atoms with Crippen LogP contribution in [0.4, 0.5) is 5.69 Å². The SMILES string of the molecule is O=C(Nc1ccc2[nH]c(=O)[nH]c2c1)c1ccc(OCC2CCCO2)cc1. The molecule has 1 fully saturated rings. The fourth-order valence-electron chi connectivity index (χ4n) is 2.98. The van der Waals surface area contributed by atoms with E-state index in [2.05, 4.69) is 15.3 Å². The van der Waals surface area contributed by atoms with E-state index in [1.807, 2.05) is 0 Å². The van der Waals surface area contributed by atoms with Gasteiger partial charge in [0.2, 0.25) is 0 Å². The largest absolute Gasteiger partial charge is 0.491 e. The molecule has 1 aliphatic heterocycles. The van der Waals surface area contributed by atoms with E-state index < -0.39 is 0 Å². The normalized spacial score (nSPS) is 16.7. The van der Waals surface area contributed by atoms with E-state index >= 15 is 0 Å². The van der Waals surface area contributed by atoms with E-state index in [-0.39, 0.29) is 17.7 Å². The molecular formula is C19H19N3O4. The molecule has 1 amide bonds. The Labute approximate surface area is 149 Å². The third-order valence-corrected chi connectivity index (χ3v) is 4.35. The smallest absolute Gasteiger partial charge is 0.323 e. The second-order valence-electron chi connectivity index (χ2n) is 6.26. The van der Waals surface area contributed by atoms with E-state index in [1.165, 1.54) is 0 Å². The molecule has 1 unspecified atom stereocenters. The first-order chi connectivity index (χ1) is 12.7. The van der Waals surface area contributed by atoms with Crippen LogP contribution in [0.2, 0.25) is 0 Å². The van der Waals surface area contributed by atoms with Crippen molar-refractivity contribution in [3.63, 3.8) is 0 Å². The van der Waals surface area contributed by atoms with Crippen LogP contribution in [-0.2, 0) is 4.74 Å². The van der Waals surface area contributed by atoms with Crippen molar-refractivity contribution in [2.75, 3.05) is 18.5 Å². The Morgan fingerprint density at radius 1 is 1.15 bits per heavy atom. The highest BCUT2D eigenvalue weighted by Crippen LogP contribution is 2.18. The Hall–Kier alpha value is -3.06. The fourth-order valence-corrected chi connectivity index (χ4v) is 2.98. The van der Waals surface area contributed by atoms with Crippen molar-refractivity contribution in [2.24, 2.45) is 0 Å². The topological polar surface area (TPSA) is 96.2 Å². The number of anilines is 1. The molecule has 0 spiro atoms. The Morgan fingerprint density at radius 3 is 2.73 bits per heavy atom. The summed E-state index contributed by atoms with van der Waals surface area (Å²) in [4.78, 5) is 29.0. The number of nitrogens with one attached hydrogen (secondary N) is 3. The minimum absolute atomic E-state index is 0.160. The van der Waals surface area contributed by atoms with E-state index in [1.54, 1.807) is 42.5 Å². The molecule has 1 aliphatic rings. The van der Waals surface area contributed by atoms with E-state index in [0.717, 1.165) is 19.4 Å². The zero-order chi connectivity index (χ0) is 17.9. The zero-order valence-electron chi connectivity index (χ0n) is 14.1. The van der Waals surface area contributed by atoms with E-state index in [0.29, 0.717) is 34.6 Å². The highest BCUT2D eigenvalue weighted by atomic mass is 16.5. The van der Waals surface area contributed by atoms with Gasteiger partial charge >= 0.3 is 5.69 Å². The summed E-state index contributed by atoms with van der Waals surface area (Å²) in [6.45, 7) is 1.33. The van der Waals surface area contributed by atoms with Gasteiger partial charge in [-0.2, -0.15) is 0 Å². The van der Waals surface area contributed by atoms with Crippen molar-refractivity contribution in [3.8, 4) is 5.75 Å². The number of aromatic nitrogens is 2. The van der Waals surface area contributed by atoms with Gasteiger partial charge < -0.3 is 24.8 Å². The molecule has 0 saturated carbocycles. The Balaban J connectivity index is 1.39. The molecule has 2 heterocycles. The molecule has 1 atom stereocenters. The quantitative estimate of drug-likeness (QED) is 0.657. The van der Waals surface area contributed by atoms with Gasteiger partial charge in [-0.05, 0) is 55.3 Å². The van der Waals surface area contributed by atoms with Gasteiger partial charge in [-0.1, -0.05) is 0 Å². The maximum absolute atomic E-state index is 12.4. The third kappa shape index (κ3) is 3.62. The van der Waals surface area contributed by atoms with Crippen LogP contribution in [0, 0.1) is 0 Å². The first kappa shape index (κ1) is 16.4. The van der Waals surface area contributed by atoms with Crippen molar-refractivity contribution in [1.82, 2.24) is 9.97 Å². The van der Waals surface area contributed by atoms with Gasteiger partial charge in [0.25, 0.3) is 5.91 Å². The molecule has 3 N–H and O–H groups in total. The number of ether oxygens (including phenoxy) is 2. The van der Waals surface area contributed by atoms with Crippen molar-refractivity contribution in [2.45, 2.75) is 18.9 Å². The first-order valence-corrected chi connectivity index (χ1v) is 8.55. The molecular weight excluding hydrogens is 334 g/mol. The number of hydrogen-bond donors (Lipinski definition) is 3. The third-order valence-electron chi connectivity index (χ3n) is 4.35. The Bertz CT molecular complexity index is 968. The van der Waals surface area contributed by atoms with Gasteiger partial charge in [0.1, 0.15) is 12.4 Å². The summed E-state index contributed by atoms with van der Waals surface area (Å²) < 4.78 is 11.2. The summed E-state index contributed by atoms with van der Waals surface area (Å²) in [5.41, 5.74) is 2.20. The lowest BCUT2D eigenvalue weighted by Crippen LogP contribution is -2.16. The van der Waals surface area contributed by atoms with Crippen molar-refractivity contribution in [1.29, 1.82) is 0 Å². The molecule has 1 aromatic heterocycles. The summed E-state index contributed by atoms with van der Waals surface area (Å²) in [5, 5.41) is 2.82. The molecule has 3 aromatic rings. The molecule has 2 aromatic carbocycles. The second kappa shape index (κ2) is 7.05. The minimum atomic E-state index is -0.276. The van der Waals surface area contributed by atoms with Gasteiger partial charge in [0.05, 0.1) is 17.1 Å². The average molecular weight is 353 g/mol. The Morgan fingerprint density at radius 2 is 1.96 bits per heavy atom. The summed E-state index contributed by atoms with van der Waals surface area (Å²) in [6.07, 6.45) is 2.26. The van der Waals surface area contributed by atoms with Crippen LogP contribution < -0.4 is 15.7 Å². The zero-order valence-corrected chi connectivity index (χ0v) is 14.1. The number of hydrogen-bond acceptors (Lipinski definition) is 4. The number of imidazole rings is 1. The number of H-pyrrole nitrogens is 2. The average Bonchev–Trinajstić information content (AvgIpc) is 3.28. The summed E-state index contributed by atoms with van der Waals surface area (Å²) >= 11 is 0. The standard InChI is InChI=1S/C19H19N3O4/c23-18(20-13-5-8-16-17(10-13)22-19(24)21-16)12-3-6-14(7-4-12)26-11-15-2-1-9-25-15/h3-8,10,15H,1-2,9,11H2,(H,20,23)(H2,21,22,24). The van der Waals surface area contributed by atoms with Crippen molar-refractivity contribution >= 4 is 22.6 Å². The number of aromatic amines is 2. The highest BCUT2D eigenvalue weighted by molar-refractivity contribution is 6.05. The van der Waals surface area contributed by atoms with Crippen molar-refractivity contribution < 1.29 is 14.3 Å². The summed E-state index contributed by atoms with van der Waals surface area (Å²) in [7, 11) is 0. The number of carbonyl (C=O) groups excluding carboxylic acids is 1. The van der Waals surface area contributed by atoms with Gasteiger partial charge in [0.15, 0.2) is 0 Å². The van der Waals surface area contributed by atoms with Crippen LogP contribution in [0.3, 0.4) is 0 Å². The predicted molar refractivity (Wildman–Crippen MR) is 97.8 cm³/mol. The molecule has 0 aliphatic carbocycles. The van der Waals surface area contributed by atoms with E-state index in [4.69, 9.17) is 9.47 Å². The highest BCUT2D eigenvalue weighted by Gasteiger charge is 2.16. The predicted octanol–water partition coefficient (Wildman–Crippen LogP) is 2.67. The number of carbonyl (C=O) groups is 1. The lowest BCUT2D eigenvalue weighted by Gasteiger charge is -2.11. The lowest BCUT2D eigenvalue weighted by atomic mass is 10.2. The maximum atomic E-state index is 12.4. The maximum Gasteiger partial charge on any atom is 0.323 e. The van der Waals surface area contributed by atoms with Crippen LogP contribution in [0.15, 0.2) is 47.3 Å². The van der Waals surface area contributed by atoms with Crippen LogP contribution in [0.25, 0.3) is 11.0 Å². The van der Waals surface area contributed by atoms with Crippen LogP contribution in [0.1, 0.15) is 23.2 Å². The monoisotopic (exact) mass is 353 g/mol. The van der Waals surface area contributed by atoms with Crippen LogP contribution >= 0.6 is 0 Å². The van der Waals surface area contributed by atoms with E-state index in [9.17, 15) is 9.59 Å². The summed E-state index contributed by atoms with van der Waals surface area (Å²) in [6, 6.07) is 12.2. The minimum Gasteiger partial charge on any atom is -0.491 e. The fraction of sp³-hybridized carbons (Fsp3) is 0.263. The van der Waals surface area contributed by atoms with Crippen molar-refractivity contribution in [3.05, 3.63) is 58.5 Å². The van der Waals surface area contributed by atoms with Crippen LogP contribution in [0.5, 0.6) is 5.75 Å². The van der Waals surface area contributed by atoms with Gasteiger partial charge in [-0.3, -0.25) is 4.79 Å². The second-order valence-corrected chi connectivity index (χ2v) is 6.26. The van der Waals surface area contributed by atoms with Gasteiger partial charge in [-0.25, -0.2) is 4.79 Å². The Kier molecular flexibility index (Phi) is 4.45. The molecule has 7 heteroatoms. The molecule has 134 valence electrons. The van der Waals surface area contributed by atoms with Gasteiger partial charge in [0, 0.05) is 17.9 Å². The molecule has 7 nitrogen and oxygen atoms in total. The molecule has 1 saturated heterocycles.